The number of ether oxygens (including phenoxy) is 1. The Labute approximate surface area is 268 Å². The van der Waals surface area contributed by atoms with E-state index in [1.54, 1.807) is 42.5 Å². The van der Waals surface area contributed by atoms with Crippen molar-refractivity contribution in [1.29, 1.82) is 0 Å². The lowest BCUT2D eigenvalue weighted by molar-refractivity contribution is -0.139. The molecule has 4 aromatic rings. The van der Waals surface area contributed by atoms with Gasteiger partial charge in [0, 0.05) is 30.1 Å². The molecular weight excluding hydrogens is 621 g/mol. The number of hydrogen-bond acceptors (Lipinski definition) is 5. The van der Waals surface area contributed by atoms with E-state index in [0.717, 1.165) is 15.4 Å². The molecule has 0 aromatic heterocycles. The van der Waals surface area contributed by atoms with Crippen molar-refractivity contribution >= 4 is 50.7 Å². The Morgan fingerprint density at radius 3 is 2.11 bits per heavy atom. The Hall–Kier alpha value is -4.05. The summed E-state index contributed by atoms with van der Waals surface area (Å²) in [5.41, 5.74) is 2.49. The van der Waals surface area contributed by atoms with Crippen molar-refractivity contribution in [3.05, 3.63) is 124 Å². The van der Waals surface area contributed by atoms with Crippen molar-refractivity contribution in [2.75, 3.05) is 25.0 Å². The third-order valence-corrected chi connectivity index (χ3v) is 9.34. The Balaban J connectivity index is 1.83. The largest absolute Gasteiger partial charge is 0.495 e. The topological polar surface area (TPSA) is 96.0 Å². The number of methoxy groups -OCH3 is 1. The van der Waals surface area contributed by atoms with Gasteiger partial charge < -0.3 is 15.0 Å². The number of amides is 2. The minimum atomic E-state index is -4.31. The van der Waals surface area contributed by atoms with Gasteiger partial charge in [-0.05, 0) is 60.5 Å². The Bertz CT molecular complexity index is 1700. The molecular formula is C33H33Cl2N3O5S. The molecule has 1 N–H and O–H groups in total. The third kappa shape index (κ3) is 7.91. The smallest absolute Gasteiger partial charge is 0.264 e. The molecule has 0 radical (unpaired) electrons. The van der Waals surface area contributed by atoms with Gasteiger partial charge in [0.05, 0.1) is 17.7 Å². The summed E-state index contributed by atoms with van der Waals surface area (Å²) < 4.78 is 34.9. The highest BCUT2D eigenvalue weighted by Crippen LogP contribution is 2.35. The average Bonchev–Trinajstić information content (AvgIpc) is 3.02. The van der Waals surface area contributed by atoms with Crippen molar-refractivity contribution in [3.63, 3.8) is 0 Å². The van der Waals surface area contributed by atoms with Crippen LogP contribution in [0.15, 0.2) is 102 Å². The minimum absolute atomic E-state index is 0.0192. The molecule has 0 spiro atoms. The van der Waals surface area contributed by atoms with Gasteiger partial charge in [-0.3, -0.25) is 13.9 Å². The predicted molar refractivity (Wildman–Crippen MR) is 174 cm³/mol. The molecule has 0 aliphatic heterocycles. The molecule has 1 atom stereocenters. The molecule has 0 unspecified atom stereocenters. The number of halogens is 2. The van der Waals surface area contributed by atoms with Gasteiger partial charge in [0.2, 0.25) is 11.8 Å². The fourth-order valence-corrected chi connectivity index (χ4v) is 6.42. The van der Waals surface area contributed by atoms with E-state index < -0.39 is 34.4 Å². The summed E-state index contributed by atoms with van der Waals surface area (Å²) in [5.74, 6) is -0.805. The van der Waals surface area contributed by atoms with Crippen LogP contribution in [0.4, 0.5) is 5.69 Å². The van der Waals surface area contributed by atoms with Gasteiger partial charge in [0.15, 0.2) is 0 Å². The van der Waals surface area contributed by atoms with E-state index in [1.807, 2.05) is 37.3 Å². The third-order valence-electron chi connectivity index (χ3n) is 7.08. The molecule has 44 heavy (non-hydrogen) atoms. The number of nitrogens with zero attached hydrogens (tertiary/aromatic N) is 2. The van der Waals surface area contributed by atoms with E-state index in [1.165, 1.54) is 43.3 Å². The first-order valence-electron chi connectivity index (χ1n) is 13.8. The minimum Gasteiger partial charge on any atom is -0.495 e. The zero-order chi connectivity index (χ0) is 31.9. The van der Waals surface area contributed by atoms with Gasteiger partial charge in [-0.2, -0.15) is 0 Å². The van der Waals surface area contributed by atoms with Crippen molar-refractivity contribution in [3.8, 4) is 5.75 Å². The van der Waals surface area contributed by atoms with Gasteiger partial charge in [0.25, 0.3) is 10.0 Å². The highest BCUT2D eigenvalue weighted by Gasteiger charge is 2.35. The molecule has 0 saturated heterocycles. The quantitative estimate of drug-likeness (QED) is 0.206. The van der Waals surface area contributed by atoms with Crippen LogP contribution in [0.25, 0.3) is 0 Å². The Morgan fingerprint density at radius 1 is 0.864 bits per heavy atom. The molecule has 0 heterocycles. The van der Waals surface area contributed by atoms with E-state index in [9.17, 15) is 18.0 Å². The number of rotatable bonds is 12. The maximum atomic E-state index is 14.4. The van der Waals surface area contributed by atoms with Crippen molar-refractivity contribution in [1.82, 2.24) is 10.2 Å². The summed E-state index contributed by atoms with van der Waals surface area (Å²) in [6.45, 7) is 1.23. The van der Waals surface area contributed by atoms with E-state index in [4.69, 9.17) is 27.9 Å². The number of likely N-dealkylation sites (N-methyl/N-ethyl adjacent to an activating group) is 1. The SMILES string of the molecule is CNC(=O)[C@@H](Cc1ccccc1)N(Cc1ccc(Cl)cc1)C(=O)CN(c1cc(Cl)ccc1OC)S(=O)(=O)c1ccc(C)cc1. The fourth-order valence-electron chi connectivity index (χ4n) is 4.72. The van der Waals surface area contributed by atoms with Crippen LogP contribution in [0, 0.1) is 6.92 Å². The fraction of sp³-hybridized carbons (Fsp3) is 0.212. The number of anilines is 1. The molecule has 11 heteroatoms. The summed E-state index contributed by atoms with van der Waals surface area (Å²) in [5, 5.41) is 3.43. The van der Waals surface area contributed by atoms with E-state index in [2.05, 4.69) is 5.32 Å². The maximum Gasteiger partial charge on any atom is 0.264 e. The number of nitrogens with one attached hydrogen (secondary N) is 1. The predicted octanol–water partition coefficient (Wildman–Crippen LogP) is 5.89. The maximum absolute atomic E-state index is 14.4. The van der Waals surface area contributed by atoms with Crippen LogP contribution in [0.2, 0.25) is 10.0 Å². The molecule has 4 rings (SSSR count). The van der Waals surface area contributed by atoms with Crippen molar-refractivity contribution < 1.29 is 22.7 Å². The monoisotopic (exact) mass is 653 g/mol. The van der Waals surface area contributed by atoms with E-state index >= 15 is 0 Å². The molecule has 8 nitrogen and oxygen atoms in total. The lowest BCUT2D eigenvalue weighted by Gasteiger charge is -2.34. The second-order valence-electron chi connectivity index (χ2n) is 10.1. The number of benzene rings is 4. The summed E-state index contributed by atoms with van der Waals surface area (Å²) in [6.07, 6.45) is 0.199. The van der Waals surface area contributed by atoms with Gasteiger partial charge in [-0.15, -0.1) is 0 Å². The number of aryl methyl sites for hydroxylation is 1. The first kappa shape index (κ1) is 32.9. The summed E-state index contributed by atoms with van der Waals surface area (Å²) in [4.78, 5) is 29.1. The van der Waals surface area contributed by atoms with E-state index in [-0.39, 0.29) is 34.3 Å². The Kier molecular flexibility index (Phi) is 10.9. The molecule has 2 amide bonds. The first-order valence-corrected chi connectivity index (χ1v) is 16.0. The van der Waals surface area contributed by atoms with Crippen LogP contribution >= 0.6 is 23.2 Å². The molecule has 0 bridgehead atoms. The van der Waals surface area contributed by atoms with Crippen LogP contribution in [0.1, 0.15) is 16.7 Å². The highest BCUT2D eigenvalue weighted by atomic mass is 35.5. The molecule has 230 valence electrons. The van der Waals surface area contributed by atoms with Crippen molar-refractivity contribution in [2.45, 2.75) is 30.8 Å². The lowest BCUT2D eigenvalue weighted by atomic mass is 10.0. The van der Waals surface area contributed by atoms with Gasteiger partial charge >= 0.3 is 0 Å². The van der Waals surface area contributed by atoms with E-state index in [0.29, 0.717) is 10.6 Å². The Morgan fingerprint density at radius 2 is 1.50 bits per heavy atom. The number of carbonyl (C=O) groups is 2. The molecule has 0 saturated carbocycles. The lowest BCUT2D eigenvalue weighted by Crippen LogP contribution is -2.53. The highest BCUT2D eigenvalue weighted by molar-refractivity contribution is 7.92. The molecule has 4 aromatic carbocycles. The van der Waals surface area contributed by atoms with Gasteiger partial charge in [-0.1, -0.05) is 83.4 Å². The van der Waals surface area contributed by atoms with Crippen LogP contribution in [-0.2, 0) is 32.6 Å². The zero-order valence-electron chi connectivity index (χ0n) is 24.5. The second kappa shape index (κ2) is 14.6. The van der Waals surface area contributed by atoms with Crippen LogP contribution in [-0.4, -0.2) is 51.9 Å². The summed E-state index contributed by atoms with van der Waals surface area (Å²) in [7, 11) is -1.41. The summed E-state index contributed by atoms with van der Waals surface area (Å²) in [6, 6.07) is 26.1. The van der Waals surface area contributed by atoms with Gasteiger partial charge in [0.1, 0.15) is 18.3 Å². The van der Waals surface area contributed by atoms with Crippen LogP contribution in [0.3, 0.4) is 0 Å². The molecule has 0 fully saturated rings. The summed E-state index contributed by atoms with van der Waals surface area (Å²) >= 11 is 12.4. The van der Waals surface area contributed by atoms with Crippen LogP contribution < -0.4 is 14.4 Å². The molecule has 0 aliphatic rings. The molecule has 0 aliphatic carbocycles. The number of carbonyl (C=O) groups excluding carboxylic acids is 2. The van der Waals surface area contributed by atoms with Crippen molar-refractivity contribution in [2.24, 2.45) is 0 Å². The number of sulfonamides is 1. The first-order chi connectivity index (χ1) is 21.0. The zero-order valence-corrected chi connectivity index (χ0v) is 26.9. The standard InChI is InChI=1S/C33H33Cl2N3O5S/c1-23-9-16-28(17-10-23)44(41,42)38(29-20-27(35)15-18-31(29)43-3)22-32(39)37(21-25-11-13-26(34)14-12-25)30(33(40)36-2)19-24-7-5-4-6-8-24/h4-18,20,30H,19,21-22H2,1-3H3,(H,36,40)/t30-/m1/s1. The normalized spacial score (nSPS) is 11.8. The average molecular weight is 655 g/mol. The van der Waals surface area contributed by atoms with Crippen LogP contribution in [0.5, 0.6) is 5.75 Å². The second-order valence-corrected chi connectivity index (χ2v) is 12.8. The number of hydrogen-bond donors (Lipinski definition) is 1. The van der Waals surface area contributed by atoms with Gasteiger partial charge in [-0.25, -0.2) is 8.42 Å².